The molecular formula is C12H14N4O4. The lowest BCUT2D eigenvalue weighted by Gasteiger charge is -2.19. The third-order valence-electron chi connectivity index (χ3n) is 3.03. The number of anilines is 1. The Morgan fingerprint density at radius 3 is 2.90 bits per heavy atom. The molecule has 0 radical (unpaired) electrons. The van der Waals surface area contributed by atoms with Crippen LogP contribution in [0, 0.1) is 10.1 Å². The zero-order valence-electron chi connectivity index (χ0n) is 10.7. The van der Waals surface area contributed by atoms with E-state index >= 15 is 0 Å². The Morgan fingerprint density at radius 2 is 2.20 bits per heavy atom. The fourth-order valence-electron chi connectivity index (χ4n) is 2.09. The van der Waals surface area contributed by atoms with E-state index in [9.17, 15) is 19.7 Å². The molecular weight excluding hydrogens is 264 g/mol. The summed E-state index contributed by atoms with van der Waals surface area (Å²) in [7, 11) is 0. The maximum absolute atomic E-state index is 12.4. The number of nitrogens with zero attached hydrogens (tertiary/aromatic N) is 2. The molecule has 20 heavy (non-hydrogen) atoms. The van der Waals surface area contributed by atoms with Crippen molar-refractivity contribution in [2.24, 2.45) is 0 Å². The van der Waals surface area contributed by atoms with E-state index in [0.29, 0.717) is 19.5 Å². The molecule has 0 spiro atoms. The quantitative estimate of drug-likeness (QED) is 0.453. The molecule has 1 heterocycles. The summed E-state index contributed by atoms with van der Waals surface area (Å²) < 4.78 is 0. The Kier molecular flexibility index (Phi) is 3.83. The third-order valence-corrected chi connectivity index (χ3v) is 3.03. The number of hydrogen-bond donors (Lipinski definition) is 2. The van der Waals surface area contributed by atoms with Crippen LogP contribution < -0.4 is 11.1 Å². The molecule has 8 heteroatoms. The van der Waals surface area contributed by atoms with Gasteiger partial charge in [-0.15, -0.1) is 0 Å². The van der Waals surface area contributed by atoms with Gasteiger partial charge in [0.2, 0.25) is 5.91 Å². The minimum atomic E-state index is -0.680. The molecule has 1 aliphatic rings. The molecule has 0 saturated carbocycles. The second-order valence-electron chi connectivity index (χ2n) is 4.43. The van der Waals surface area contributed by atoms with Crippen LogP contribution in [-0.2, 0) is 4.79 Å². The highest BCUT2D eigenvalue weighted by molar-refractivity contribution is 6.01. The first-order chi connectivity index (χ1) is 9.50. The van der Waals surface area contributed by atoms with Crippen molar-refractivity contribution in [2.75, 3.05) is 25.4 Å². The van der Waals surface area contributed by atoms with Gasteiger partial charge in [0.05, 0.1) is 11.5 Å². The zero-order chi connectivity index (χ0) is 14.7. The zero-order valence-corrected chi connectivity index (χ0v) is 10.7. The van der Waals surface area contributed by atoms with Crippen LogP contribution in [0.1, 0.15) is 16.8 Å². The fraction of sp³-hybridized carbons (Fsp3) is 0.333. The number of para-hydroxylation sites is 1. The van der Waals surface area contributed by atoms with E-state index < -0.39 is 16.5 Å². The van der Waals surface area contributed by atoms with Crippen LogP contribution in [0.5, 0.6) is 0 Å². The van der Waals surface area contributed by atoms with Crippen LogP contribution in [0.2, 0.25) is 0 Å². The first-order valence-corrected chi connectivity index (χ1v) is 6.09. The number of carbonyl (C=O) groups excluding carboxylic acids is 2. The van der Waals surface area contributed by atoms with Gasteiger partial charge in [-0.1, -0.05) is 6.07 Å². The Bertz CT molecular complexity index is 573. The number of amides is 2. The van der Waals surface area contributed by atoms with Gasteiger partial charge < -0.3 is 16.0 Å². The second kappa shape index (κ2) is 5.55. The summed E-state index contributed by atoms with van der Waals surface area (Å²) in [4.78, 5) is 35.5. The maximum atomic E-state index is 12.4. The second-order valence-corrected chi connectivity index (χ2v) is 4.43. The van der Waals surface area contributed by atoms with Crippen LogP contribution in [-0.4, -0.2) is 41.3 Å². The van der Waals surface area contributed by atoms with Gasteiger partial charge in [0, 0.05) is 13.1 Å². The first-order valence-electron chi connectivity index (χ1n) is 6.09. The van der Waals surface area contributed by atoms with Gasteiger partial charge in [-0.25, -0.2) is 0 Å². The molecule has 8 nitrogen and oxygen atoms in total. The van der Waals surface area contributed by atoms with Crippen LogP contribution in [0.4, 0.5) is 11.4 Å². The minimum Gasteiger partial charge on any atom is -0.393 e. The molecule has 1 aromatic rings. The summed E-state index contributed by atoms with van der Waals surface area (Å²) in [5.74, 6) is -0.830. The molecule has 0 aliphatic carbocycles. The van der Waals surface area contributed by atoms with Gasteiger partial charge in [0.25, 0.3) is 5.91 Å². The highest BCUT2D eigenvalue weighted by atomic mass is 16.6. The van der Waals surface area contributed by atoms with E-state index in [0.717, 1.165) is 0 Å². The third kappa shape index (κ3) is 2.68. The van der Waals surface area contributed by atoms with Gasteiger partial charge >= 0.3 is 5.69 Å². The average molecular weight is 278 g/mol. The van der Waals surface area contributed by atoms with Crippen LogP contribution in [0.3, 0.4) is 0 Å². The summed E-state index contributed by atoms with van der Waals surface area (Å²) in [6, 6.07) is 4.19. The number of hydrogen-bond acceptors (Lipinski definition) is 5. The number of nitro groups is 1. The van der Waals surface area contributed by atoms with Crippen LogP contribution >= 0.6 is 0 Å². The molecule has 2 amide bonds. The molecule has 106 valence electrons. The summed E-state index contributed by atoms with van der Waals surface area (Å²) in [6.07, 6.45) is 0.605. The molecule has 0 aromatic heterocycles. The van der Waals surface area contributed by atoms with E-state index in [2.05, 4.69) is 5.32 Å². The van der Waals surface area contributed by atoms with Crippen molar-refractivity contribution in [3.05, 3.63) is 33.9 Å². The van der Waals surface area contributed by atoms with Gasteiger partial charge in [-0.05, 0) is 18.6 Å². The number of nitrogens with two attached hydrogens (primary N) is 1. The monoisotopic (exact) mass is 278 g/mol. The Hall–Kier alpha value is -2.64. The van der Waals surface area contributed by atoms with E-state index in [1.807, 2.05) is 0 Å². The van der Waals surface area contributed by atoms with E-state index in [1.165, 1.54) is 23.1 Å². The lowest BCUT2D eigenvalue weighted by atomic mass is 10.1. The highest BCUT2D eigenvalue weighted by Gasteiger charge is 2.28. The molecule has 2 rings (SSSR count). The van der Waals surface area contributed by atoms with Gasteiger partial charge in [-0.2, -0.15) is 0 Å². The lowest BCUT2D eigenvalue weighted by Crippen LogP contribution is -2.37. The Labute approximate surface area is 114 Å². The Morgan fingerprint density at radius 1 is 1.45 bits per heavy atom. The van der Waals surface area contributed by atoms with Crippen LogP contribution in [0.25, 0.3) is 0 Å². The maximum Gasteiger partial charge on any atom is 0.304 e. The number of nitro benzene ring substituents is 1. The van der Waals surface area contributed by atoms with Crippen molar-refractivity contribution >= 4 is 23.2 Å². The predicted octanol–water partition coefficient (Wildman–Crippen LogP) is 0.139. The Balaban J connectivity index is 2.35. The van der Waals surface area contributed by atoms with Crippen molar-refractivity contribution in [1.29, 1.82) is 0 Å². The molecule has 0 unspecified atom stereocenters. The molecule has 1 saturated heterocycles. The largest absolute Gasteiger partial charge is 0.393 e. The van der Waals surface area contributed by atoms with Gasteiger partial charge in [0.1, 0.15) is 11.3 Å². The summed E-state index contributed by atoms with van der Waals surface area (Å²) in [6.45, 7) is 0.746. The molecule has 3 N–H and O–H groups in total. The summed E-state index contributed by atoms with van der Waals surface area (Å²) in [5.41, 5.74) is 4.98. The molecule has 1 fully saturated rings. The first kappa shape index (κ1) is 13.8. The van der Waals surface area contributed by atoms with Crippen molar-refractivity contribution < 1.29 is 14.5 Å². The molecule has 1 aromatic carbocycles. The number of carbonyl (C=O) groups is 2. The molecule has 1 aliphatic heterocycles. The number of rotatable bonds is 2. The fourth-order valence-corrected chi connectivity index (χ4v) is 2.09. The van der Waals surface area contributed by atoms with Crippen molar-refractivity contribution in [3.63, 3.8) is 0 Å². The molecule has 0 bridgehead atoms. The average Bonchev–Trinajstić information content (AvgIpc) is 2.61. The summed E-state index contributed by atoms with van der Waals surface area (Å²) in [5, 5.41) is 13.7. The minimum absolute atomic E-state index is 0.0693. The van der Waals surface area contributed by atoms with E-state index in [4.69, 9.17) is 5.73 Å². The number of nitrogens with one attached hydrogen (secondary N) is 1. The van der Waals surface area contributed by atoms with Crippen molar-refractivity contribution in [3.8, 4) is 0 Å². The van der Waals surface area contributed by atoms with E-state index in [-0.39, 0.29) is 23.7 Å². The SMILES string of the molecule is Nc1cccc(C(=O)N2CCCNC(=O)C2)c1[N+](=O)[O-]. The summed E-state index contributed by atoms with van der Waals surface area (Å²) >= 11 is 0. The lowest BCUT2D eigenvalue weighted by molar-refractivity contribution is -0.384. The van der Waals surface area contributed by atoms with E-state index in [1.54, 1.807) is 0 Å². The smallest absolute Gasteiger partial charge is 0.304 e. The van der Waals surface area contributed by atoms with Crippen LogP contribution in [0.15, 0.2) is 18.2 Å². The van der Waals surface area contributed by atoms with Crippen molar-refractivity contribution in [2.45, 2.75) is 6.42 Å². The topological polar surface area (TPSA) is 119 Å². The molecule has 0 atom stereocenters. The van der Waals surface area contributed by atoms with Crippen molar-refractivity contribution in [1.82, 2.24) is 10.2 Å². The standard InChI is InChI=1S/C12H14N4O4/c13-9-4-1-3-8(11(9)16(19)20)12(18)15-6-2-5-14-10(17)7-15/h1,3-4H,2,5-7,13H2,(H,14,17). The number of nitrogen functional groups attached to an aromatic ring is 1. The highest BCUT2D eigenvalue weighted by Crippen LogP contribution is 2.27. The predicted molar refractivity (Wildman–Crippen MR) is 71.0 cm³/mol. The van der Waals surface area contributed by atoms with Gasteiger partial charge in [0.15, 0.2) is 0 Å². The number of benzene rings is 1. The van der Waals surface area contributed by atoms with Gasteiger partial charge in [-0.3, -0.25) is 19.7 Å². The normalized spacial score (nSPS) is 15.4.